The van der Waals surface area contributed by atoms with Crippen LogP contribution in [0.4, 0.5) is 5.69 Å². The van der Waals surface area contributed by atoms with E-state index in [1.54, 1.807) is 18.2 Å². The van der Waals surface area contributed by atoms with Gasteiger partial charge in [0.25, 0.3) is 11.5 Å². The van der Waals surface area contributed by atoms with E-state index < -0.39 is 0 Å². The van der Waals surface area contributed by atoms with Crippen LogP contribution in [0.2, 0.25) is 5.02 Å². The van der Waals surface area contributed by atoms with Crippen molar-refractivity contribution in [1.82, 2.24) is 9.78 Å². The first-order chi connectivity index (χ1) is 13.3. The number of ether oxygens (including phenoxy) is 1. The van der Waals surface area contributed by atoms with Crippen LogP contribution in [-0.2, 0) is 4.79 Å². The van der Waals surface area contributed by atoms with E-state index in [0.717, 1.165) is 16.7 Å². The lowest BCUT2D eigenvalue weighted by molar-refractivity contribution is -0.118. The summed E-state index contributed by atoms with van der Waals surface area (Å²) in [4.78, 5) is 24.3. The van der Waals surface area contributed by atoms with Crippen LogP contribution in [0.5, 0.6) is 5.88 Å². The first-order valence-corrected chi connectivity index (χ1v) is 9.08. The first-order valence-electron chi connectivity index (χ1n) is 8.70. The number of halogens is 1. The zero-order chi connectivity index (χ0) is 20.3. The van der Waals surface area contributed by atoms with E-state index >= 15 is 0 Å². The lowest BCUT2D eigenvalue weighted by Gasteiger charge is -2.11. The molecule has 0 aliphatic heterocycles. The maximum Gasteiger partial charge on any atom is 0.271 e. The van der Waals surface area contributed by atoms with E-state index in [4.69, 9.17) is 16.3 Å². The molecule has 0 saturated carbocycles. The fraction of sp³-hybridized carbons (Fsp3) is 0.190. The SMILES string of the molecule is Cc1ccc(-n2nc(OCC(=O)Nc3ccc(Cl)cc3C)ccc2=O)cc1C. The molecule has 6 nitrogen and oxygen atoms in total. The van der Waals surface area contributed by atoms with Crippen LogP contribution in [0.25, 0.3) is 5.69 Å². The van der Waals surface area contributed by atoms with E-state index in [-0.39, 0.29) is 24.0 Å². The van der Waals surface area contributed by atoms with Gasteiger partial charge in [-0.2, -0.15) is 4.68 Å². The molecule has 3 rings (SSSR count). The van der Waals surface area contributed by atoms with Crippen LogP contribution < -0.4 is 15.6 Å². The van der Waals surface area contributed by atoms with Crippen LogP contribution in [0.15, 0.2) is 53.3 Å². The molecule has 28 heavy (non-hydrogen) atoms. The molecule has 0 aliphatic rings. The minimum absolute atomic E-state index is 0.181. The van der Waals surface area contributed by atoms with Crippen LogP contribution in [0.3, 0.4) is 0 Å². The summed E-state index contributed by atoms with van der Waals surface area (Å²) < 4.78 is 6.72. The molecule has 1 N–H and O–H groups in total. The van der Waals surface area contributed by atoms with Gasteiger partial charge in [0.15, 0.2) is 6.61 Å². The number of amides is 1. The number of hydrogen-bond acceptors (Lipinski definition) is 4. The monoisotopic (exact) mass is 397 g/mol. The first kappa shape index (κ1) is 19.6. The van der Waals surface area contributed by atoms with Gasteiger partial charge in [0.1, 0.15) is 0 Å². The quantitative estimate of drug-likeness (QED) is 0.710. The van der Waals surface area contributed by atoms with Crippen LogP contribution in [-0.4, -0.2) is 22.3 Å². The van der Waals surface area contributed by atoms with Gasteiger partial charge in [-0.25, -0.2) is 0 Å². The van der Waals surface area contributed by atoms with Gasteiger partial charge in [-0.05, 0) is 67.8 Å². The van der Waals surface area contributed by atoms with Crippen molar-refractivity contribution in [2.75, 3.05) is 11.9 Å². The van der Waals surface area contributed by atoms with Gasteiger partial charge in [-0.1, -0.05) is 17.7 Å². The molecule has 0 aliphatic carbocycles. The summed E-state index contributed by atoms with van der Waals surface area (Å²) in [5.41, 5.74) is 4.04. The fourth-order valence-corrected chi connectivity index (χ4v) is 2.83. The molecule has 0 radical (unpaired) electrons. The number of carbonyl (C=O) groups excluding carboxylic acids is 1. The minimum atomic E-state index is -0.337. The molecule has 2 aromatic carbocycles. The molecule has 3 aromatic rings. The Hall–Kier alpha value is -3.12. The summed E-state index contributed by atoms with van der Waals surface area (Å²) in [6.07, 6.45) is 0. The third-order valence-electron chi connectivity index (χ3n) is 4.32. The van der Waals surface area contributed by atoms with E-state index in [0.29, 0.717) is 16.4 Å². The summed E-state index contributed by atoms with van der Waals surface area (Å²) in [5.74, 6) is -0.156. The lowest BCUT2D eigenvalue weighted by atomic mass is 10.1. The Balaban J connectivity index is 1.71. The highest BCUT2D eigenvalue weighted by molar-refractivity contribution is 6.30. The van der Waals surface area contributed by atoms with E-state index in [1.807, 2.05) is 39.0 Å². The second-order valence-corrected chi connectivity index (χ2v) is 6.92. The molecule has 1 heterocycles. The number of nitrogens with one attached hydrogen (secondary N) is 1. The Morgan fingerprint density at radius 2 is 1.82 bits per heavy atom. The highest BCUT2D eigenvalue weighted by Crippen LogP contribution is 2.19. The summed E-state index contributed by atoms with van der Waals surface area (Å²) in [5, 5.41) is 7.57. The maximum atomic E-state index is 12.2. The average Bonchev–Trinajstić information content (AvgIpc) is 2.66. The average molecular weight is 398 g/mol. The Kier molecular flexibility index (Phi) is 5.80. The predicted molar refractivity (Wildman–Crippen MR) is 110 cm³/mol. The largest absolute Gasteiger partial charge is 0.467 e. The number of nitrogens with zero attached hydrogens (tertiary/aromatic N) is 2. The number of anilines is 1. The van der Waals surface area contributed by atoms with Crippen molar-refractivity contribution in [1.29, 1.82) is 0 Å². The fourth-order valence-electron chi connectivity index (χ4n) is 2.61. The summed E-state index contributed by atoms with van der Waals surface area (Å²) in [6, 6.07) is 13.6. The van der Waals surface area contributed by atoms with Gasteiger partial charge in [-0.15, -0.1) is 5.10 Å². The Morgan fingerprint density at radius 3 is 2.54 bits per heavy atom. The zero-order valence-corrected chi connectivity index (χ0v) is 16.6. The molecule has 7 heteroatoms. The van der Waals surface area contributed by atoms with Gasteiger partial charge in [0.2, 0.25) is 5.88 Å². The van der Waals surface area contributed by atoms with Crippen LogP contribution in [0.1, 0.15) is 16.7 Å². The van der Waals surface area contributed by atoms with Crippen LogP contribution >= 0.6 is 11.6 Å². The molecule has 144 valence electrons. The highest BCUT2D eigenvalue weighted by atomic mass is 35.5. The van der Waals surface area contributed by atoms with Gasteiger partial charge in [0.05, 0.1) is 5.69 Å². The summed E-state index contributed by atoms with van der Waals surface area (Å²) in [7, 11) is 0. The van der Waals surface area contributed by atoms with E-state index in [9.17, 15) is 9.59 Å². The second-order valence-electron chi connectivity index (χ2n) is 6.49. The van der Waals surface area contributed by atoms with E-state index in [1.165, 1.54) is 16.8 Å². The van der Waals surface area contributed by atoms with Crippen LogP contribution in [0, 0.1) is 20.8 Å². The molecular weight excluding hydrogens is 378 g/mol. The van der Waals surface area contributed by atoms with Crippen molar-refractivity contribution in [3.8, 4) is 11.6 Å². The van der Waals surface area contributed by atoms with Crippen molar-refractivity contribution in [3.63, 3.8) is 0 Å². The number of aryl methyl sites for hydroxylation is 3. The topological polar surface area (TPSA) is 73.2 Å². The van der Waals surface area contributed by atoms with Gasteiger partial charge in [0, 0.05) is 22.8 Å². The van der Waals surface area contributed by atoms with Crippen molar-refractivity contribution >= 4 is 23.2 Å². The Labute approximate surface area is 167 Å². The minimum Gasteiger partial charge on any atom is -0.467 e. The maximum absolute atomic E-state index is 12.2. The summed E-state index contributed by atoms with van der Waals surface area (Å²) in [6.45, 7) is 5.58. The molecule has 0 spiro atoms. The number of hydrogen-bond donors (Lipinski definition) is 1. The summed E-state index contributed by atoms with van der Waals surface area (Å²) >= 11 is 5.92. The van der Waals surface area contributed by atoms with Crippen molar-refractivity contribution in [3.05, 3.63) is 80.6 Å². The number of rotatable bonds is 5. The van der Waals surface area contributed by atoms with Crippen molar-refractivity contribution in [2.45, 2.75) is 20.8 Å². The van der Waals surface area contributed by atoms with Gasteiger partial charge in [-0.3, -0.25) is 9.59 Å². The molecule has 0 saturated heterocycles. The number of aromatic nitrogens is 2. The second kappa shape index (κ2) is 8.27. The molecule has 1 aromatic heterocycles. The van der Waals surface area contributed by atoms with E-state index in [2.05, 4.69) is 10.4 Å². The number of benzene rings is 2. The molecular formula is C21H20ClN3O3. The number of carbonyl (C=O) groups is 1. The molecule has 0 fully saturated rings. The Morgan fingerprint density at radius 1 is 1.04 bits per heavy atom. The molecule has 1 amide bonds. The third kappa shape index (κ3) is 4.58. The third-order valence-corrected chi connectivity index (χ3v) is 4.56. The highest BCUT2D eigenvalue weighted by Gasteiger charge is 2.09. The smallest absolute Gasteiger partial charge is 0.271 e. The lowest BCUT2D eigenvalue weighted by Crippen LogP contribution is -2.24. The molecule has 0 unspecified atom stereocenters. The van der Waals surface area contributed by atoms with Gasteiger partial charge < -0.3 is 10.1 Å². The zero-order valence-electron chi connectivity index (χ0n) is 15.8. The standard InChI is InChI=1S/C21H20ClN3O3/c1-13-4-6-17(11-14(13)2)25-21(27)9-8-20(24-25)28-12-19(26)23-18-7-5-16(22)10-15(18)3/h4-11H,12H2,1-3H3,(H,23,26). The Bertz CT molecular complexity index is 1090. The normalized spacial score (nSPS) is 10.6. The van der Waals surface area contributed by atoms with Crippen molar-refractivity contribution in [2.24, 2.45) is 0 Å². The molecule has 0 atom stereocenters. The predicted octanol–water partition coefficient (Wildman–Crippen LogP) is 3.83. The molecule has 0 bridgehead atoms. The van der Waals surface area contributed by atoms with Crippen molar-refractivity contribution < 1.29 is 9.53 Å². The van der Waals surface area contributed by atoms with Gasteiger partial charge >= 0.3 is 0 Å².